The molecule has 0 fully saturated rings. The molecule has 0 heteroatoms. The van der Waals surface area contributed by atoms with Gasteiger partial charge in [0.15, 0.2) is 0 Å². The molecule has 0 aliphatic carbocycles. The molecule has 0 aliphatic heterocycles. The van der Waals surface area contributed by atoms with Gasteiger partial charge in [-0.05, 0) is 18.1 Å². The average Bonchev–Trinajstić information content (AvgIpc) is 2.14. The number of allylic oxidation sites excluding steroid dienone is 9. The molecule has 0 saturated carbocycles. The zero-order chi connectivity index (χ0) is 10.1. The molecule has 0 aromatic rings. The zero-order valence-corrected chi connectivity index (χ0v) is 8.16. The van der Waals surface area contributed by atoms with E-state index in [0.29, 0.717) is 0 Å². The van der Waals surface area contributed by atoms with Gasteiger partial charge in [-0.3, -0.25) is 0 Å². The van der Waals surface area contributed by atoms with Gasteiger partial charge in [-0.2, -0.15) is 0 Å². The summed E-state index contributed by atoms with van der Waals surface area (Å²) >= 11 is 0. The lowest BCUT2D eigenvalue weighted by Crippen LogP contribution is -1.81. The molecular formula is C13H16. The van der Waals surface area contributed by atoms with E-state index >= 15 is 0 Å². The first-order valence-corrected chi connectivity index (χ1v) is 4.21. The molecule has 0 heterocycles. The normalized spacial score (nSPS) is 13.0. The molecule has 0 aliphatic rings. The highest BCUT2D eigenvalue weighted by molar-refractivity contribution is 5.48. The van der Waals surface area contributed by atoms with Gasteiger partial charge in [0.25, 0.3) is 0 Å². The van der Waals surface area contributed by atoms with Crippen molar-refractivity contribution in [1.29, 1.82) is 0 Å². The van der Waals surface area contributed by atoms with Gasteiger partial charge in [0.1, 0.15) is 0 Å². The van der Waals surface area contributed by atoms with Gasteiger partial charge >= 0.3 is 0 Å². The molecule has 0 spiro atoms. The molecule has 13 heavy (non-hydrogen) atoms. The minimum atomic E-state index is 1.05. The summed E-state index contributed by atoms with van der Waals surface area (Å²) in [7, 11) is 0. The molecule has 0 rings (SSSR count). The monoisotopic (exact) mass is 172 g/mol. The van der Waals surface area contributed by atoms with E-state index < -0.39 is 0 Å². The van der Waals surface area contributed by atoms with Crippen LogP contribution in [-0.2, 0) is 0 Å². The second kappa shape index (κ2) is 7.11. The van der Waals surface area contributed by atoms with E-state index in [1.165, 1.54) is 0 Å². The molecular weight excluding hydrogens is 156 g/mol. The number of hydrogen-bond acceptors (Lipinski definition) is 0. The van der Waals surface area contributed by atoms with Crippen LogP contribution in [0.3, 0.4) is 0 Å². The summed E-state index contributed by atoms with van der Waals surface area (Å²) in [6, 6.07) is 0. The molecule has 0 aromatic heterocycles. The molecule has 0 radical (unpaired) electrons. The van der Waals surface area contributed by atoms with Crippen LogP contribution in [0.5, 0.6) is 0 Å². The number of rotatable bonds is 5. The quantitative estimate of drug-likeness (QED) is 0.550. The predicted octanol–water partition coefficient (Wildman–Crippen LogP) is 3.97. The van der Waals surface area contributed by atoms with Crippen LogP contribution in [0.15, 0.2) is 73.4 Å². The second-order valence-electron chi connectivity index (χ2n) is 2.42. The molecule has 0 nitrogen and oxygen atoms in total. The fourth-order valence-corrected chi connectivity index (χ4v) is 0.964. The highest BCUT2D eigenvalue weighted by Gasteiger charge is 1.93. The van der Waals surface area contributed by atoms with E-state index in [2.05, 4.69) is 19.7 Å². The van der Waals surface area contributed by atoms with Crippen molar-refractivity contribution < 1.29 is 0 Å². The molecule has 0 bridgehead atoms. The van der Waals surface area contributed by atoms with Crippen molar-refractivity contribution in [3.8, 4) is 0 Å². The third-order valence-electron chi connectivity index (χ3n) is 1.49. The summed E-state index contributed by atoms with van der Waals surface area (Å²) in [5, 5.41) is 0. The lowest BCUT2D eigenvalue weighted by atomic mass is 10.0. The van der Waals surface area contributed by atoms with Crippen LogP contribution in [0.25, 0.3) is 0 Å². The molecule has 0 N–H and O–H groups in total. The molecule has 0 unspecified atom stereocenters. The first-order valence-electron chi connectivity index (χ1n) is 4.21. The van der Waals surface area contributed by atoms with Crippen molar-refractivity contribution in [1.82, 2.24) is 0 Å². The molecule has 0 amide bonds. The molecule has 0 atom stereocenters. The van der Waals surface area contributed by atoms with Crippen molar-refractivity contribution in [3.63, 3.8) is 0 Å². The Kier molecular flexibility index (Phi) is 6.26. The largest absolute Gasteiger partial charge is 0.0990 e. The van der Waals surface area contributed by atoms with Crippen LogP contribution >= 0.6 is 0 Å². The number of hydrogen-bond donors (Lipinski definition) is 0. The van der Waals surface area contributed by atoms with Crippen molar-refractivity contribution in [3.05, 3.63) is 73.4 Å². The topological polar surface area (TPSA) is 0 Å². The SMILES string of the molecule is C=C/C=C(C=C)/C(/C=C\C)=C/C=C. The maximum absolute atomic E-state index is 3.74. The fourth-order valence-electron chi connectivity index (χ4n) is 0.964. The predicted molar refractivity (Wildman–Crippen MR) is 61.6 cm³/mol. The van der Waals surface area contributed by atoms with Gasteiger partial charge in [0, 0.05) is 0 Å². The van der Waals surface area contributed by atoms with Gasteiger partial charge in [-0.1, -0.05) is 62.3 Å². The second-order valence-corrected chi connectivity index (χ2v) is 2.42. The van der Waals surface area contributed by atoms with Crippen LogP contribution in [0.4, 0.5) is 0 Å². The summed E-state index contributed by atoms with van der Waals surface area (Å²) in [5.41, 5.74) is 2.14. The minimum Gasteiger partial charge on any atom is -0.0990 e. The first-order chi connectivity index (χ1) is 6.29. The van der Waals surface area contributed by atoms with E-state index in [1.807, 2.05) is 31.2 Å². The third-order valence-corrected chi connectivity index (χ3v) is 1.49. The Balaban J connectivity index is 5.01. The third kappa shape index (κ3) is 4.12. The van der Waals surface area contributed by atoms with Crippen LogP contribution in [0.2, 0.25) is 0 Å². The summed E-state index contributed by atoms with van der Waals surface area (Å²) < 4.78 is 0. The summed E-state index contributed by atoms with van der Waals surface area (Å²) in [6.45, 7) is 13.0. The van der Waals surface area contributed by atoms with E-state index in [9.17, 15) is 0 Å². The fraction of sp³-hybridized carbons (Fsp3) is 0.0769. The standard InChI is InChI=1S/C13H16/c1-5-9-12(8-4)13(10-6-2)11-7-3/h5-11H,1-2,4H2,3H3/b11-7-,12-9+,13-10+. The Hall–Kier alpha value is -1.56. The smallest absolute Gasteiger partial charge is 0.0188 e. The summed E-state index contributed by atoms with van der Waals surface area (Å²) in [6.07, 6.45) is 13.2. The van der Waals surface area contributed by atoms with Crippen LogP contribution < -0.4 is 0 Å². The average molecular weight is 172 g/mol. The van der Waals surface area contributed by atoms with Gasteiger partial charge in [-0.15, -0.1) is 0 Å². The van der Waals surface area contributed by atoms with E-state index in [1.54, 1.807) is 18.2 Å². The maximum Gasteiger partial charge on any atom is -0.0188 e. The van der Waals surface area contributed by atoms with Crippen molar-refractivity contribution in [2.24, 2.45) is 0 Å². The Morgan fingerprint density at radius 2 is 1.46 bits per heavy atom. The van der Waals surface area contributed by atoms with Crippen molar-refractivity contribution in [2.45, 2.75) is 6.92 Å². The van der Waals surface area contributed by atoms with Crippen LogP contribution in [0, 0.1) is 0 Å². The molecule has 68 valence electrons. The van der Waals surface area contributed by atoms with Crippen molar-refractivity contribution >= 4 is 0 Å². The van der Waals surface area contributed by atoms with Gasteiger partial charge in [0.05, 0.1) is 0 Å². The van der Waals surface area contributed by atoms with Crippen LogP contribution in [-0.4, -0.2) is 0 Å². The van der Waals surface area contributed by atoms with E-state index in [0.717, 1.165) is 11.1 Å². The first kappa shape index (κ1) is 11.4. The van der Waals surface area contributed by atoms with Crippen molar-refractivity contribution in [2.75, 3.05) is 0 Å². The van der Waals surface area contributed by atoms with Gasteiger partial charge in [-0.25, -0.2) is 0 Å². The highest BCUT2D eigenvalue weighted by atomic mass is 14.0. The highest BCUT2D eigenvalue weighted by Crippen LogP contribution is 2.12. The Bertz CT molecular complexity index is 272. The zero-order valence-electron chi connectivity index (χ0n) is 8.16. The molecule has 0 saturated heterocycles. The Labute approximate surface area is 81.0 Å². The summed E-state index contributed by atoms with van der Waals surface area (Å²) in [5.74, 6) is 0. The maximum atomic E-state index is 3.74. The lowest BCUT2D eigenvalue weighted by Gasteiger charge is -2.00. The minimum absolute atomic E-state index is 1.05. The Morgan fingerprint density at radius 1 is 0.923 bits per heavy atom. The van der Waals surface area contributed by atoms with E-state index in [-0.39, 0.29) is 0 Å². The van der Waals surface area contributed by atoms with Crippen LogP contribution in [0.1, 0.15) is 6.92 Å². The lowest BCUT2D eigenvalue weighted by molar-refractivity contribution is 1.53. The van der Waals surface area contributed by atoms with E-state index in [4.69, 9.17) is 0 Å². The van der Waals surface area contributed by atoms with Gasteiger partial charge < -0.3 is 0 Å². The van der Waals surface area contributed by atoms with Gasteiger partial charge in [0.2, 0.25) is 0 Å². The summed E-state index contributed by atoms with van der Waals surface area (Å²) in [4.78, 5) is 0. The molecule has 0 aromatic carbocycles. The Morgan fingerprint density at radius 3 is 1.85 bits per heavy atom.